The summed E-state index contributed by atoms with van der Waals surface area (Å²) in [6, 6.07) is 72.8. The number of allylic oxidation sites excluding steroid dienone is 4. The Morgan fingerprint density at radius 3 is 1.75 bits per heavy atom. The first-order valence-electron chi connectivity index (χ1n) is 19.9. The number of furan rings is 1. The Balaban J connectivity index is 1.07. The van der Waals surface area contributed by atoms with E-state index in [2.05, 4.69) is 211 Å². The predicted molar refractivity (Wildman–Crippen MR) is 237 cm³/mol. The third-order valence-corrected chi connectivity index (χ3v) is 12.1. The van der Waals surface area contributed by atoms with E-state index in [0.717, 1.165) is 57.3 Å². The predicted octanol–water partition coefficient (Wildman–Crippen LogP) is 14.5. The lowest BCUT2D eigenvalue weighted by Gasteiger charge is -2.35. The van der Waals surface area contributed by atoms with E-state index in [9.17, 15) is 0 Å². The first-order chi connectivity index (χ1) is 28.3. The molecule has 0 unspecified atom stereocenters. The average Bonchev–Trinajstić information content (AvgIpc) is 3.82. The van der Waals surface area contributed by atoms with Gasteiger partial charge in [-0.1, -0.05) is 176 Å². The van der Waals surface area contributed by atoms with Crippen LogP contribution in [0.15, 0.2) is 222 Å². The van der Waals surface area contributed by atoms with Gasteiger partial charge in [0.25, 0.3) is 0 Å². The van der Waals surface area contributed by atoms with Crippen molar-refractivity contribution in [3.8, 4) is 22.3 Å². The van der Waals surface area contributed by atoms with Gasteiger partial charge < -0.3 is 9.32 Å². The van der Waals surface area contributed by atoms with Crippen LogP contribution < -0.4 is 4.90 Å². The van der Waals surface area contributed by atoms with Crippen LogP contribution in [0.3, 0.4) is 0 Å². The smallest absolute Gasteiger partial charge is 0.143 e. The summed E-state index contributed by atoms with van der Waals surface area (Å²) in [7, 11) is 0. The Kier molecular flexibility index (Phi) is 7.89. The molecule has 0 saturated heterocycles. The minimum absolute atomic E-state index is 0.444. The highest BCUT2D eigenvalue weighted by molar-refractivity contribution is 6.09. The fourth-order valence-electron chi connectivity index (χ4n) is 9.55. The molecule has 0 fully saturated rings. The lowest BCUT2D eigenvalue weighted by atomic mass is 9.68. The third-order valence-electron chi connectivity index (χ3n) is 12.1. The number of para-hydroxylation sites is 2. The number of benzene rings is 8. The molecule has 2 aliphatic rings. The normalized spacial score (nSPS) is 14.2. The maximum atomic E-state index is 6.52. The highest BCUT2D eigenvalue weighted by Gasteiger charge is 2.45. The summed E-state index contributed by atoms with van der Waals surface area (Å²) in [5, 5.41) is 2.28. The summed E-state index contributed by atoms with van der Waals surface area (Å²) in [4.78, 5) is 2.45. The maximum absolute atomic E-state index is 6.52. The molecule has 1 heterocycles. The molecular weight excluding hydrogens is 691 g/mol. The zero-order chi connectivity index (χ0) is 37.8. The number of anilines is 2. The van der Waals surface area contributed by atoms with Crippen LogP contribution in [0.25, 0.3) is 49.8 Å². The van der Waals surface area contributed by atoms with Crippen molar-refractivity contribution in [1.82, 2.24) is 0 Å². The molecular formula is C55H39NO. The molecule has 0 saturated carbocycles. The van der Waals surface area contributed by atoms with E-state index >= 15 is 0 Å². The van der Waals surface area contributed by atoms with E-state index in [1.54, 1.807) is 0 Å². The molecule has 0 spiro atoms. The number of hydrogen-bond acceptors (Lipinski definition) is 2. The standard InChI is InChI=1S/C55H39NO/c1-3-15-38(16-4-1)39-29-33-43(34-30-39)56(45-20-13-17-40(37-45)46-24-14-25-50-49-23-9-12-28-53(49)57-54(46)50)44-35-31-42(32-36-44)55(41-18-5-2-6-19-41)51-26-10-7-21-47(51)48-22-8-11-27-52(48)55/h1-29,31-33,35-37H,30,34H2. The third kappa shape index (κ3) is 5.33. The van der Waals surface area contributed by atoms with Gasteiger partial charge in [-0.25, -0.2) is 0 Å². The Hall–Kier alpha value is -7.16. The highest BCUT2D eigenvalue weighted by Crippen LogP contribution is 2.56. The Labute approximate surface area is 333 Å². The quantitative estimate of drug-likeness (QED) is 0.162. The number of hydrogen-bond donors (Lipinski definition) is 0. The first kappa shape index (κ1) is 33.2. The second-order valence-electron chi connectivity index (χ2n) is 15.1. The molecule has 57 heavy (non-hydrogen) atoms. The van der Waals surface area contributed by atoms with Gasteiger partial charge in [-0.05, 0) is 99.3 Å². The van der Waals surface area contributed by atoms with Crippen molar-refractivity contribution in [2.24, 2.45) is 0 Å². The lowest BCUT2D eigenvalue weighted by molar-refractivity contribution is 0.670. The monoisotopic (exact) mass is 729 g/mol. The molecule has 270 valence electrons. The molecule has 0 bridgehead atoms. The van der Waals surface area contributed by atoms with Crippen LogP contribution >= 0.6 is 0 Å². The van der Waals surface area contributed by atoms with Crippen LogP contribution in [0.1, 0.15) is 40.7 Å². The van der Waals surface area contributed by atoms with Crippen LogP contribution in [0.5, 0.6) is 0 Å². The van der Waals surface area contributed by atoms with Crippen LogP contribution in [0, 0.1) is 0 Å². The Morgan fingerprint density at radius 2 is 1.02 bits per heavy atom. The van der Waals surface area contributed by atoms with Gasteiger partial charge in [0.1, 0.15) is 11.2 Å². The highest BCUT2D eigenvalue weighted by atomic mass is 16.3. The largest absolute Gasteiger partial charge is 0.455 e. The van der Waals surface area contributed by atoms with Crippen molar-refractivity contribution in [2.45, 2.75) is 18.3 Å². The first-order valence-corrected chi connectivity index (χ1v) is 19.9. The maximum Gasteiger partial charge on any atom is 0.143 e. The zero-order valence-electron chi connectivity index (χ0n) is 31.5. The average molecular weight is 730 g/mol. The second kappa shape index (κ2) is 13.5. The molecule has 2 nitrogen and oxygen atoms in total. The van der Waals surface area contributed by atoms with Crippen molar-refractivity contribution in [1.29, 1.82) is 0 Å². The van der Waals surface area contributed by atoms with Crippen LogP contribution in [-0.4, -0.2) is 0 Å². The fraction of sp³-hybridized carbons (Fsp3) is 0.0545. The van der Waals surface area contributed by atoms with Gasteiger partial charge in [0.2, 0.25) is 0 Å². The summed E-state index contributed by atoms with van der Waals surface area (Å²) >= 11 is 0. The molecule has 0 atom stereocenters. The molecule has 0 radical (unpaired) electrons. The van der Waals surface area contributed by atoms with E-state index < -0.39 is 5.41 Å². The number of nitrogens with zero attached hydrogens (tertiary/aromatic N) is 1. The van der Waals surface area contributed by atoms with E-state index in [-0.39, 0.29) is 0 Å². The van der Waals surface area contributed by atoms with E-state index in [4.69, 9.17) is 4.42 Å². The lowest BCUT2D eigenvalue weighted by Crippen LogP contribution is -2.28. The SMILES string of the molecule is C1=C(c2ccccc2)CCC(N(c2ccc(C3(c4ccccc4)c4ccccc4-c4ccccc43)cc2)c2cccc(-c3cccc4c3oc3ccccc34)c2)=C1. The van der Waals surface area contributed by atoms with Crippen LogP contribution in [-0.2, 0) is 5.41 Å². The van der Waals surface area contributed by atoms with Gasteiger partial charge in [-0.2, -0.15) is 0 Å². The van der Waals surface area contributed by atoms with Crippen molar-refractivity contribution in [3.63, 3.8) is 0 Å². The molecule has 11 rings (SSSR count). The van der Waals surface area contributed by atoms with Gasteiger partial charge >= 0.3 is 0 Å². The minimum Gasteiger partial charge on any atom is -0.455 e. The summed E-state index contributed by atoms with van der Waals surface area (Å²) in [5.74, 6) is 0. The van der Waals surface area contributed by atoms with Gasteiger partial charge in [-0.3, -0.25) is 0 Å². The Bertz CT molecular complexity index is 2960. The second-order valence-corrected chi connectivity index (χ2v) is 15.1. The molecule has 9 aromatic rings. The van der Waals surface area contributed by atoms with Crippen molar-refractivity contribution < 1.29 is 4.42 Å². The van der Waals surface area contributed by atoms with Crippen LogP contribution in [0.4, 0.5) is 11.4 Å². The van der Waals surface area contributed by atoms with Crippen molar-refractivity contribution in [3.05, 3.63) is 246 Å². The molecule has 0 aliphatic heterocycles. The topological polar surface area (TPSA) is 16.4 Å². The molecule has 0 N–H and O–H groups in total. The summed E-state index contributed by atoms with van der Waals surface area (Å²) < 4.78 is 6.52. The number of fused-ring (bicyclic) bond motifs is 6. The van der Waals surface area contributed by atoms with Gasteiger partial charge in [-0.15, -0.1) is 0 Å². The summed E-state index contributed by atoms with van der Waals surface area (Å²) in [6.45, 7) is 0. The molecule has 0 amide bonds. The Morgan fingerprint density at radius 1 is 0.421 bits per heavy atom. The van der Waals surface area contributed by atoms with Gasteiger partial charge in [0.05, 0.1) is 5.41 Å². The fourth-order valence-corrected chi connectivity index (χ4v) is 9.55. The van der Waals surface area contributed by atoms with E-state index in [0.29, 0.717) is 0 Å². The molecule has 2 aliphatic carbocycles. The molecule has 8 aromatic carbocycles. The summed E-state index contributed by atoms with van der Waals surface area (Å²) in [6.07, 6.45) is 6.51. The minimum atomic E-state index is -0.444. The van der Waals surface area contributed by atoms with Crippen molar-refractivity contribution in [2.75, 3.05) is 4.90 Å². The molecule has 2 heteroatoms. The van der Waals surface area contributed by atoms with E-state index in [1.165, 1.54) is 50.2 Å². The number of rotatable bonds is 7. The zero-order valence-corrected chi connectivity index (χ0v) is 31.5. The van der Waals surface area contributed by atoms with Crippen LogP contribution in [0.2, 0.25) is 0 Å². The van der Waals surface area contributed by atoms with Crippen molar-refractivity contribution >= 4 is 38.9 Å². The summed E-state index contributed by atoms with van der Waals surface area (Å²) in [5.41, 5.74) is 17.5. The molecule has 1 aromatic heterocycles. The van der Waals surface area contributed by atoms with Gasteiger partial charge in [0, 0.05) is 33.4 Å². The van der Waals surface area contributed by atoms with Gasteiger partial charge in [0.15, 0.2) is 0 Å². The van der Waals surface area contributed by atoms with E-state index in [1.807, 2.05) is 6.07 Å².